The summed E-state index contributed by atoms with van der Waals surface area (Å²) < 4.78 is 10.7. The van der Waals surface area contributed by atoms with Crippen molar-refractivity contribution in [2.24, 2.45) is 0 Å². The molecule has 144 valence electrons. The first kappa shape index (κ1) is 19.1. The van der Waals surface area contributed by atoms with Gasteiger partial charge in [0.05, 0.1) is 20.3 Å². The summed E-state index contributed by atoms with van der Waals surface area (Å²) in [4.78, 5) is 12.6. The van der Waals surface area contributed by atoms with Crippen LogP contribution in [0.25, 0.3) is 0 Å². The van der Waals surface area contributed by atoms with Gasteiger partial charge in [0.1, 0.15) is 17.2 Å². The quantitative estimate of drug-likeness (QED) is 0.766. The van der Waals surface area contributed by atoms with E-state index in [1.807, 2.05) is 6.07 Å². The van der Waals surface area contributed by atoms with Gasteiger partial charge in [0.2, 0.25) is 0 Å². The third-order valence-corrected chi connectivity index (χ3v) is 5.15. The molecule has 1 aliphatic carbocycles. The van der Waals surface area contributed by atoms with Gasteiger partial charge in [-0.3, -0.25) is 0 Å². The standard InChI is InChI=1S/C22H28N2O3/c1-4-18(17-13-12-15-8-5-6-9-16(15)14-17)23-22(25)24-21-19(26-2)10-7-11-20(21)27-3/h7,10-14,18H,4-6,8-9H2,1-3H3,(H2,23,24,25). The van der Waals surface area contributed by atoms with Crippen LogP contribution in [0.15, 0.2) is 36.4 Å². The predicted octanol–water partition coefficient (Wildman–Crippen LogP) is 4.86. The van der Waals surface area contributed by atoms with Gasteiger partial charge in [-0.25, -0.2) is 4.79 Å². The molecular weight excluding hydrogens is 340 g/mol. The van der Waals surface area contributed by atoms with E-state index in [0.717, 1.165) is 24.8 Å². The first-order valence-electron chi connectivity index (χ1n) is 9.56. The highest BCUT2D eigenvalue weighted by Crippen LogP contribution is 2.34. The highest BCUT2D eigenvalue weighted by molar-refractivity contribution is 5.93. The molecule has 2 N–H and O–H groups in total. The molecule has 3 rings (SSSR count). The first-order valence-corrected chi connectivity index (χ1v) is 9.56. The molecule has 0 aromatic heterocycles. The minimum absolute atomic E-state index is 0.0436. The van der Waals surface area contributed by atoms with Crippen LogP contribution in [0.3, 0.4) is 0 Å². The summed E-state index contributed by atoms with van der Waals surface area (Å²) in [6, 6.07) is 11.7. The number of aryl methyl sites for hydroxylation is 2. The van der Waals surface area contributed by atoms with Gasteiger partial charge in [-0.05, 0) is 60.9 Å². The number of para-hydroxylation sites is 1. The Balaban J connectivity index is 1.75. The van der Waals surface area contributed by atoms with Crippen LogP contribution in [0.2, 0.25) is 0 Å². The van der Waals surface area contributed by atoms with Crippen LogP contribution >= 0.6 is 0 Å². The zero-order chi connectivity index (χ0) is 19.2. The summed E-state index contributed by atoms with van der Waals surface area (Å²) in [6.45, 7) is 2.08. The summed E-state index contributed by atoms with van der Waals surface area (Å²) in [6.07, 6.45) is 5.62. The van der Waals surface area contributed by atoms with Crippen LogP contribution in [-0.4, -0.2) is 20.3 Å². The molecule has 0 saturated carbocycles. The zero-order valence-electron chi connectivity index (χ0n) is 16.3. The Bertz CT molecular complexity index is 782. The van der Waals surface area contributed by atoms with E-state index < -0.39 is 0 Å². The molecule has 0 aliphatic heterocycles. The molecule has 0 spiro atoms. The number of fused-ring (bicyclic) bond motifs is 1. The Morgan fingerprint density at radius 3 is 2.33 bits per heavy atom. The number of nitrogens with one attached hydrogen (secondary N) is 2. The number of rotatable bonds is 6. The lowest BCUT2D eigenvalue weighted by Crippen LogP contribution is -2.32. The maximum Gasteiger partial charge on any atom is 0.319 e. The number of urea groups is 1. The largest absolute Gasteiger partial charge is 0.494 e. The lowest BCUT2D eigenvalue weighted by molar-refractivity contribution is 0.248. The number of methoxy groups -OCH3 is 2. The van der Waals surface area contributed by atoms with Crippen molar-refractivity contribution < 1.29 is 14.3 Å². The Morgan fingerprint density at radius 2 is 1.70 bits per heavy atom. The third kappa shape index (κ3) is 4.35. The van der Waals surface area contributed by atoms with Gasteiger partial charge in [-0.2, -0.15) is 0 Å². The average Bonchev–Trinajstić information content (AvgIpc) is 2.71. The lowest BCUT2D eigenvalue weighted by atomic mass is 9.89. The predicted molar refractivity (Wildman–Crippen MR) is 108 cm³/mol. The van der Waals surface area contributed by atoms with Crippen LogP contribution in [0.1, 0.15) is 48.9 Å². The molecule has 0 heterocycles. The third-order valence-electron chi connectivity index (χ3n) is 5.15. The van der Waals surface area contributed by atoms with Gasteiger partial charge in [0.25, 0.3) is 0 Å². The molecule has 5 heteroatoms. The summed E-state index contributed by atoms with van der Waals surface area (Å²) in [5, 5.41) is 5.96. The summed E-state index contributed by atoms with van der Waals surface area (Å²) in [5.74, 6) is 1.12. The molecule has 27 heavy (non-hydrogen) atoms. The summed E-state index contributed by atoms with van der Waals surface area (Å²) in [5.41, 5.74) is 4.55. The summed E-state index contributed by atoms with van der Waals surface area (Å²) >= 11 is 0. The van der Waals surface area contributed by atoms with Crippen molar-refractivity contribution in [2.75, 3.05) is 19.5 Å². The van der Waals surface area contributed by atoms with E-state index in [9.17, 15) is 4.79 Å². The van der Waals surface area contributed by atoms with E-state index in [1.54, 1.807) is 26.4 Å². The van der Waals surface area contributed by atoms with E-state index in [-0.39, 0.29) is 12.1 Å². The first-order chi connectivity index (χ1) is 13.2. The van der Waals surface area contributed by atoms with Gasteiger partial charge < -0.3 is 20.1 Å². The van der Waals surface area contributed by atoms with E-state index in [0.29, 0.717) is 17.2 Å². The van der Waals surface area contributed by atoms with Crippen molar-refractivity contribution in [3.8, 4) is 11.5 Å². The Kier molecular flexibility index (Phi) is 6.22. The number of amides is 2. The van der Waals surface area contributed by atoms with Gasteiger partial charge >= 0.3 is 6.03 Å². The second kappa shape index (κ2) is 8.80. The molecule has 5 nitrogen and oxygen atoms in total. The van der Waals surface area contributed by atoms with Gasteiger partial charge in [-0.1, -0.05) is 31.2 Å². The molecule has 1 atom stereocenters. The topological polar surface area (TPSA) is 59.6 Å². The van der Waals surface area contributed by atoms with Crippen LogP contribution in [0.4, 0.5) is 10.5 Å². The highest BCUT2D eigenvalue weighted by Gasteiger charge is 2.18. The minimum atomic E-state index is -0.276. The molecule has 1 aliphatic rings. The fraction of sp³-hybridized carbons (Fsp3) is 0.409. The van der Waals surface area contributed by atoms with Crippen molar-refractivity contribution in [2.45, 2.75) is 45.1 Å². The molecule has 0 saturated heterocycles. The molecule has 2 amide bonds. The van der Waals surface area contributed by atoms with Crippen LogP contribution in [0.5, 0.6) is 11.5 Å². The number of carbonyl (C=O) groups is 1. The maximum absolute atomic E-state index is 12.6. The number of hydrogen-bond acceptors (Lipinski definition) is 3. The van der Waals surface area contributed by atoms with Crippen molar-refractivity contribution in [3.05, 3.63) is 53.1 Å². The second-order valence-corrected chi connectivity index (χ2v) is 6.83. The van der Waals surface area contributed by atoms with Crippen LogP contribution in [0, 0.1) is 0 Å². The number of anilines is 1. The molecule has 0 bridgehead atoms. The SMILES string of the molecule is CCC(NC(=O)Nc1c(OC)cccc1OC)c1ccc2c(c1)CCCC2. The maximum atomic E-state index is 12.6. The van der Waals surface area contributed by atoms with Gasteiger partial charge in [-0.15, -0.1) is 0 Å². The molecule has 2 aromatic carbocycles. The number of ether oxygens (including phenoxy) is 2. The number of benzene rings is 2. The molecular formula is C22H28N2O3. The fourth-order valence-corrected chi connectivity index (χ4v) is 3.67. The average molecular weight is 368 g/mol. The smallest absolute Gasteiger partial charge is 0.319 e. The lowest BCUT2D eigenvalue weighted by Gasteiger charge is -2.22. The summed E-state index contributed by atoms with van der Waals surface area (Å²) in [7, 11) is 3.14. The van der Waals surface area contributed by atoms with Crippen molar-refractivity contribution in [1.82, 2.24) is 5.32 Å². The van der Waals surface area contributed by atoms with Gasteiger partial charge in [0.15, 0.2) is 0 Å². The highest BCUT2D eigenvalue weighted by atomic mass is 16.5. The van der Waals surface area contributed by atoms with E-state index in [1.165, 1.54) is 24.0 Å². The van der Waals surface area contributed by atoms with E-state index >= 15 is 0 Å². The van der Waals surface area contributed by atoms with Crippen molar-refractivity contribution >= 4 is 11.7 Å². The Hall–Kier alpha value is -2.69. The van der Waals surface area contributed by atoms with Crippen molar-refractivity contribution in [1.29, 1.82) is 0 Å². The fourth-order valence-electron chi connectivity index (χ4n) is 3.67. The minimum Gasteiger partial charge on any atom is -0.494 e. The monoisotopic (exact) mass is 368 g/mol. The Morgan fingerprint density at radius 1 is 1.04 bits per heavy atom. The number of hydrogen-bond donors (Lipinski definition) is 2. The molecule has 0 radical (unpaired) electrons. The molecule has 1 unspecified atom stereocenters. The van der Waals surface area contributed by atoms with Crippen LogP contribution < -0.4 is 20.1 Å². The van der Waals surface area contributed by atoms with Crippen LogP contribution in [-0.2, 0) is 12.8 Å². The second-order valence-electron chi connectivity index (χ2n) is 6.83. The molecule has 0 fully saturated rings. The van der Waals surface area contributed by atoms with Crippen molar-refractivity contribution in [3.63, 3.8) is 0 Å². The van der Waals surface area contributed by atoms with E-state index in [4.69, 9.17) is 9.47 Å². The zero-order valence-corrected chi connectivity index (χ0v) is 16.3. The normalized spacial score (nSPS) is 14.0. The molecule has 2 aromatic rings. The van der Waals surface area contributed by atoms with E-state index in [2.05, 4.69) is 35.8 Å². The number of carbonyl (C=O) groups excluding carboxylic acids is 1. The van der Waals surface area contributed by atoms with Gasteiger partial charge in [0, 0.05) is 0 Å². The Labute approximate surface area is 161 Å².